The van der Waals surface area contributed by atoms with Gasteiger partial charge in [-0.1, -0.05) is 0 Å². The highest BCUT2D eigenvalue weighted by Crippen LogP contribution is 2.29. The lowest BCUT2D eigenvalue weighted by molar-refractivity contribution is 0.298. The first-order valence-corrected chi connectivity index (χ1v) is 8.33. The molecule has 0 spiro atoms. The van der Waals surface area contributed by atoms with E-state index in [4.69, 9.17) is 9.47 Å². The second kappa shape index (κ2) is 9.10. The highest BCUT2D eigenvalue weighted by atomic mass is 16.5. The van der Waals surface area contributed by atoms with Crippen molar-refractivity contribution in [3.8, 4) is 11.5 Å². The fourth-order valence-corrected chi connectivity index (χ4v) is 2.63. The molecular weight excluding hydrogens is 332 g/mol. The summed E-state index contributed by atoms with van der Waals surface area (Å²) in [6.07, 6.45) is 3.91. The molecule has 2 N–H and O–H groups in total. The molecule has 1 unspecified atom stereocenters. The van der Waals surface area contributed by atoms with E-state index in [1.165, 1.54) is 0 Å². The highest BCUT2D eigenvalue weighted by Gasteiger charge is 2.16. The number of hydrogen-bond donors (Lipinski definition) is 2. The van der Waals surface area contributed by atoms with E-state index in [0.717, 1.165) is 11.3 Å². The van der Waals surface area contributed by atoms with Crippen LogP contribution in [-0.4, -0.2) is 62.5 Å². The maximum absolute atomic E-state index is 5.34. The van der Waals surface area contributed by atoms with Crippen LogP contribution in [0, 0.1) is 0 Å². The molecule has 8 heteroatoms. The Labute approximate surface area is 154 Å². The summed E-state index contributed by atoms with van der Waals surface area (Å²) < 4.78 is 12.4. The first-order valence-electron chi connectivity index (χ1n) is 8.33. The zero-order chi connectivity index (χ0) is 19.1. The summed E-state index contributed by atoms with van der Waals surface area (Å²) in [5.41, 5.74) is 2.00. The summed E-state index contributed by atoms with van der Waals surface area (Å²) in [5, 5.41) is 10.9. The second-order valence-electron chi connectivity index (χ2n) is 6.07. The number of hydrogen-bond acceptors (Lipinski definition) is 5. The van der Waals surface area contributed by atoms with Gasteiger partial charge < -0.3 is 25.0 Å². The molecule has 0 aliphatic heterocycles. The third-order valence-electron chi connectivity index (χ3n) is 4.07. The molecule has 26 heavy (non-hydrogen) atoms. The molecule has 0 saturated heterocycles. The number of likely N-dealkylation sites (N-methyl/N-ethyl adjacent to an activating group) is 1. The molecule has 1 aromatic heterocycles. The van der Waals surface area contributed by atoms with Crippen LogP contribution in [0.15, 0.2) is 35.6 Å². The van der Waals surface area contributed by atoms with Crippen LogP contribution >= 0.6 is 0 Å². The number of guanidine groups is 1. The van der Waals surface area contributed by atoms with Gasteiger partial charge in [0.2, 0.25) is 0 Å². The van der Waals surface area contributed by atoms with Gasteiger partial charge in [0.25, 0.3) is 0 Å². The number of ether oxygens (including phenoxy) is 2. The van der Waals surface area contributed by atoms with Crippen LogP contribution in [-0.2, 0) is 7.05 Å². The first-order chi connectivity index (χ1) is 12.5. The Bertz CT molecular complexity index is 741. The van der Waals surface area contributed by atoms with Crippen molar-refractivity contribution >= 4 is 11.6 Å². The number of anilines is 1. The van der Waals surface area contributed by atoms with Crippen molar-refractivity contribution in [3.05, 3.63) is 36.2 Å². The highest BCUT2D eigenvalue weighted by molar-refractivity contribution is 5.93. The Morgan fingerprint density at radius 2 is 2.00 bits per heavy atom. The standard InChI is InChI=1S/C18H28N6O2/c1-19-18(22-14-7-8-16(25-5)17(9-14)26-6)20-11-15(23(2)3)13-10-21-24(4)12-13/h7-10,12,15H,11H2,1-6H3,(H2,19,20,22). The molecule has 2 aromatic rings. The van der Waals surface area contributed by atoms with Crippen molar-refractivity contribution in [1.29, 1.82) is 0 Å². The molecule has 0 aliphatic rings. The van der Waals surface area contributed by atoms with Gasteiger partial charge in [-0.15, -0.1) is 0 Å². The quantitative estimate of drug-likeness (QED) is 0.578. The lowest BCUT2D eigenvalue weighted by Crippen LogP contribution is -2.37. The van der Waals surface area contributed by atoms with Crippen molar-refractivity contribution in [1.82, 2.24) is 20.0 Å². The van der Waals surface area contributed by atoms with E-state index in [-0.39, 0.29) is 6.04 Å². The van der Waals surface area contributed by atoms with Gasteiger partial charge in [-0.3, -0.25) is 9.67 Å². The van der Waals surface area contributed by atoms with Crippen molar-refractivity contribution < 1.29 is 9.47 Å². The molecule has 0 fully saturated rings. The summed E-state index contributed by atoms with van der Waals surface area (Å²) in [7, 11) is 11.0. The Balaban J connectivity index is 2.05. The van der Waals surface area contributed by atoms with Crippen LogP contribution in [0.1, 0.15) is 11.6 Å². The van der Waals surface area contributed by atoms with Crippen molar-refractivity contribution in [2.75, 3.05) is 47.2 Å². The third kappa shape index (κ3) is 4.89. The predicted molar refractivity (Wildman–Crippen MR) is 104 cm³/mol. The largest absolute Gasteiger partial charge is 0.493 e. The molecule has 1 atom stereocenters. The summed E-state index contributed by atoms with van der Waals surface area (Å²) in [4.78, 5) is 6.44. The Morgan fingerprint density at radius 1 is 1.27 bits per heavy atom. The van der Waals surface area contributed by atoms with Gasteiger partial charge >= 0.3 is 0 Å². The number of rotatable bonds is 7. The summed E-state index contributed by atoms with van der Waals surface area (Å²) in [6, 6.07) is 5.81. The van der Waals surface area contributed by atoms with Crippen LogP contribution < -0.4 is 20.1 Å². The smallest absolute Gasteiger partial charge is 0.195 e. The van der Waals surface area contributed by atoms with Gasteiger partial charge in [-0.05, 0) is 26.2 Å². The summed E-state index contributed by atoms with van der Waals surface area (Å²) in [6.45, 7) is 0.686. The molecule has 142 valence electrons. The van der Waals surface area contributed by atoms with Gasteiger partial charge in [0.15, 0.2) is 17.5 Å². The average Bonchev–Trinajstić information content (AvgIpc) is 3.06. The molecular formula is C18H28N6O2. The van der Waals surface area contributed by atoms with E-state index in [0.29, 0.717) is 24.0 Å². The molecule has 1 aromatic carbocycles. The molecule has 2 rings (SSSR count). The van der Waals surface area contributed by atoms with E-state index < -0.39 is 0 Å². The van der Waals surface area contributed by atoms with Gasteiger partial charge in [-0.2, -0.15) is 5.10 Å². The summed E-state index contributed by atoms with van der Waals surface area (Å²) >= 11 is 0. The first kappa shape index (κ1) is 19.6. The van der Waals surface area contributed by atoms with Crippen LogP contribution in [0.25, 0.3) is 0 Å². The number of aromatic nitrogens is 2. The summed E-state index contributed by atoms with van der Waals surface area (Å²) in [5.74, 6) is 2.02. The molecule has 1 heterocycles. The van der Waals surface area contributed by atoms with E-state index in [9.17, 15) is 0 Å². The normalized spacial score (nSPS) is 12.8. The van der Waals surface area contributed by atoms with Crippen LogP contribution in [0.2, 0.25) is 0 Å². The van der Waals surface area contributed by atoms with Gasteiger partial charge in [0, 0.05) is 44.2 Å². The Kier molecular flexibility index (Phi) is 6.85. The maximum atomic E-state index is 5.34. The Hall–Kier alpha value is -2.74. The van der Waals surface area contributed by atoms with Gasteiger partial charge in [-0.25, -0.2) is 0 Å². The number of methoxy groups -OCH3 is 2. The monoisotopic (exact) mass is 360 g/mol. The molecule has 0 amide bonds. The minimum Gasteiger partial charge on any atom is -0.493 e. The van der Waals surface area contributed by atoms with E-state index in [1.54, 1.807) is 21.3 Å². The number of aliphatic imine (C=N–C) groups is 1. The number of nitrogens with one attached hydrogen (secondary N) is 2. The van der Waals surface area contributed by atoms with Crippen LogP contribution in [0.4, 0.5) is 5.69 Å². The van der Waals surface area contributed by atoms with Gasteiger partial charge in [0.05, 0.1) is 26.5 Å². The fraction of sp³-hybridized carbons (Fsp3) is 0.444. The number of aryl methyl sites for hydroxylation is 1. The SMILES string of the molecule is CN=C(NCC(c1cnn(C)c1)N(C)C)Nc1ccc(OC)c(OC)c1. The maximum Gasteiger partial charge on any atom is 0.195 e. The zero-order valence-corrected chi connectivity index (χ0v) is 16.3. The van der Waals surface area contributed by atoms with E-state index in [1.807, 2.05) is 56.4 Å². The fourth-order valence-electron chi connectivity index (χ4n) is 2.63. The third-order valence-corrected chi connectivity index (χ3v) is 4.07. The minimum atomic E-state index is 0.174. The van der Waals surface area contributed by atoms with Crippen LogP contribution in [0.3, 0.4) is 0 Å². The van der Waals surface area contributed by atoms with Crippen molar-refractivity contribution in [3.63, 3.8) is 0 Å². The molecule has 0 saturated carbocycles. The van der Waals surface area contributed by atoms with Crippen LogP contribution in [0.5, 0.6) is 11.5 Å². The number of benzene rings is 1. The lowest BCUT2D eigenvalue weighted by atomic mass is 10.1. The van der Waals surface area contributed by atoms with Crippen molar-refractivity contribution in [2.45, 2.75) is 6.04 Å². The Morgan fingerprint density at radius 3 is 2.54 bits per heavy atom. The molecule has 0 aliphatic carbocycles. The van der Waals surface area contributed by atoms with Gasteiger partial charge in [0.1, 0.15) is 0 Å². The molecule has 8 nitrogen and oxygen atoms in total. The van der Waals surface area contributed by atoms with Crippen molar-refractivity contribution in [2.24, 2.45) is 12.0 Å². The zero-order valence-electron chi connectivity index (χ0n) is 16.3. The molecule has 0 bridgehead atoms. The second-order valence-corrected chi connectivity index (χ2v) is 6.07. The molecule has 0 radical (unpaired) electrons. The average molecular weight is 360 g/mol. The van der Waals surface area contributed by atoms with E-state index >= 15 is 0 Å². The minimum absolute atomic E-state index is 0.174. The lowest BCUT2D eigenvalue weighted by Gasteiger charge is -2.24. The van der Waals surface area contributed by atoms with E-state index in [2.05, 4.69) is 25.6 Å². The predicted octanol–water partition coefficient (Wildman–Crippen LogP) is 1.73. The topological polar surface area (TPSA) is 75.9 Å². The number of nitrogens with zero attached hydrogens (tertiary/aromatic N) is 4.